The quantitative estimate of drug-likeness (QED) is 0.174. The molecule has 9 aromatic carbocycles. The smallest absolute Gasteiger partial charge is 0.198 e. The van der Waals surface area contributed by atoms with Gasteiger partial charge in [0, 0.05) is 90.8 Å². The number of rotatable bonds is 5. The highest BCUT2D eigenvalue weighted by Gasteiger charge is 2.33. The van der Waals surface area contributed by atoms with E-state index >= 15 is 0 Å². The minimum Gasteiger partial charge on any atom is -0.456 e. The molecule has 3 nitrogen and oxygen atoms in total. The molecule has 1 aliphatic heterocycles. The van der Waals surface area contributed by atoms with Crippen molar-refractivity contribution in [1.82, 2.24) is 4.57 Å². The SMILES string of the molecule is CC(C)(C)c1ccc(Nc2cc3oc4ccccc4c3cc2-c2c3c4c(c5cc(C(C)(C)C)ccc5n4-c4cc5c(-c6ccccc6)c(-c6ccccc6)sc5cc4B3)c3c2sc2ccccc23)cc1. The molecule has 13 aromatic rings. The maximum atomic E-state index is 6.68. The molecule has 0 saturated carbocycles. The summed E-state index contributed by atoms with van der Waals surface area (Å²) in [5, 5.41) is 12.8. The van der Waals surface area contributed by atoms with Crippen LogP contribution in [0.25, 0.3) is 112 Å². The highest BCUT2D eigenvalue weighted by atomic mass is 32.1. The van der Waals surface area contributed by atoms with Crippen LogP contribution in [0.2, 0.25) is 0 Å². The predicted octanol–water partition coefficient (Wildman–Crippen LogP) is 17.3. The second-order valence-corrected chi connectivity index (χ2v) is 23.4. The van der Waals surface area contributed by atoms with E-state index in [9.17, 15) is 0 Å². The fourth-order valence-corrected chi connectivity index (χ4v) is 14.0. The first-order valence-corrected chi connectivity index (χ1v) is 26.1. The van der Waals surface area contributed by atoms with Crippen molar-refractivity contribution < 1.29 is 4.42 Å². The molecule has 336 valence electrons. The third-order valence-corrected chi connectivity index (χ3v) is 17.3. The van der Waals surface area contributed by atoms with E-state index in [0.717, 1.165) is 40.6 Å². The van der Waals surface area contributed by atoms with Gasteiger partial charge < -0.3 is 14.3 Å². The van der Waals surface area contributed by atoms with Crippen LogP contribution in [-0.4, -0.2) is 11.8 Å². The summed E-state index contributed by atoms with van der Waals surface area (Å²) in [6.45, 7) is 13.8. The van der Waals surface area contributed by atoms with E-state index < -0.39 is 0 Å². The summed E-state index contributed by atoms with van der Waals surface area (Å²) in [6.07, 6.45) is 0. The minimum atomic E-state index is -0.0327. The summed E-state index contributed by atoms with van der Waals surface area (Å²) in [5.74, 6) is 0. The third-order valence-electron chi connectivity index (χ3n) is 14.9. The topological polar surface area (TPSA) is 30.1 Å². The molecule has 0 atom stereocenters. The van der Waals surface area contributed by atoms with E-state index in [1.54, 1.807) is 0 Å². The van der Waals surface area contributed by atoms with E-state index in [1.165, 1.54) is 112 Å². The zero-order valence-electron chi connectivity index (χ0n) is 40.1. The number of aromatic nitrogens is 1. The van der Waals surface area contributed by atoms with Crippen molar-refractivity contribution in [1.29, 1.82) is 0 Å². The van der Waals surface area contributed by atoms with Crippen molar-refractivity contribution in [3.63, 3.8) is 0 Å². The van der Waals surface area contributed by atoms with Crippen LogP contribution >= 0.6 is 22.7 Å². The molecular weight excluding hydrogens is 888 g/mol. The Hall–Kier alpha value is -7.38. The van der Waals surface area contributed by atoms with E-state index in [-0.39, 0.29) is 10.8 Å². The largest absolute Gasteiger partial charge is 0.456 e. The summed E-state index contributed by atoms with van der Waals surface area (Å²) < 4.78 is 13.3. The van der Waals surface area contributed by atoms with Crippen LogP contribution < -0.4 is 16.2 Å². The summed E-state index contributed by atoms with van der Waals surface area (Å²) in [6, 6.07) is 65.6. The zero-order chi connectivity index (χ0) is 47.2. The molecule has 70 heavy (non-hydrogen) atoms. The number of hydrogen-bond donors (Lipinski definition) is 1. The van der Waals surface area contributed by atoms with Gasteiger partial charge in [0.05, 0.1) is 11.2 Å². The molecule has 4 aromatic heterocycles. The number of fused-ring (bicyclic) bond motifs is 13. The van der Waals surface area contributed by atoms with Gasteiger partial charge in [0.2, 0.25) is 0 Å². The Morgan fingerprint density at radius 2 is 1.20 bits per heavy atom. The molecule has 0 unspecified atom stereocenters. The number of nitrogens with zero attached hydrogens (tertiary/aromatic N) is 1. The molecule has 14 rings (SSSR count). The Kier molecular flexibility index (Phi) is 8.95. The zero-order valence-corrected chi connectivity index (χ0v) is 41.8. The predicted molar refractivity (Wildman–Crippen MR) is 306 cm³/mol. The highest BCUT2D eigenvalue weighted by Crippen LogP contribution is 2.52. The standard InChI is InChI=1S/C64H49BN2OS2/c1-63(2,3)38-25-28-40(29-26-38)66-48-35-52-43(41-21-13-15-23-51(41)68-52)32-44(48)58-59-60-56(57-42-22-14-16-24-53(42)69-62(57)58)45-31-39(64(4,5)6)27-30-49(45)67(60)50-33-46-54(34-47(50)65-59)70-61(37-19-11-8-12-20-37)55(46)36-17-9-7-10-18-36/h7-35,65-66H,1-6H3. The number of para-hydroxylation sites is 1. The van der Waals surface area contributed by atoms with Crippen molar-refractivity contribution in [3.8, 4) is 38.4 Å². The van der Waals surface area contributed by atoms with Gasteiger partial charge in [-0.05, 0) is 98.7 Å². The fraction of sp³-hybridized carbons (Fsp3) is 0.125. The second kappa shape index (κ2) is 15.1. The van der Waals surface area contributed by atoms with Gasteiger partial charge in [0.15, 0.2) is 7.28 Å². The first-order chi connectivity index (χ1) is 34.0. The molecule has 1 N–H and O–H groups in total. The summed E-state index contributed by atoms with van der Waals surface area (Å²) in [7, 11) is 0.785. The lowest BCUT2D eigenvalue weighted by atomic mass is 9.58. The number of hydrogen-bond acceptors (Lipinski definition) is 4. The minimum absolute atomic E-state index is 0.0327. The van der Waals surface area contributed by atoms with Crippen LogP contribution in [0.1, 0.15) is 52.7 Å². The Labute approximate surface area is 415 Å². The van der Waals surface area contributed by atoms with Gasteiger partial charge in [0.25, 0.3) is 0 Å². The third kappa shape index (κ3) is 6.26. The van der Waals surface area contributed by atoms with Crippen molar-refractivity contribution in [2.45, 2.75) is 52.4 Å². The number of furan rings is 1. The van der Waals surface area contributed by atoms with Crippen LogP contribution in [-0.2, 0) is 10.8 Å². The maximum absolute atomic E-state index is 6.68. The molecule has 0 bridgehead atoms. The molecule has 5 heterocycles. The van der Waals surface area contributed by atoms with Gasteiger partial charge in [-0.3, -0.25) is 0 Å². The van der Waals surface area contributed by atoms with Crippen LogP contribution in [0.15, 0.2) is 180 Å². The van der Waals surface area contributed by atoms with Crippen molar-refractivity contribution in [2.24, 2.45) is 0 Å². The summed E-state index contributed by atoms with van der Waals surface area (Å²) in [4.78, 5) is 1.30. The van der Waals surface area contributed by atoms with E-state index in [1.807, 2.05) is 22.7 Å². The van der Waals surface area contributed by atoms with Crippen LogP contribution in [0.3, 0.4) is 0 Å². The summed E-state index contributed by atoms with van der Waals surface area (Å²) >= 11 is 3.85. The Morgan fingerprint density at radius 3 is 1.96 bits per heavy atom. The molecule has 0 amide bonds. The summed E-state index contributed by atoms with van der Waals surface area (Å²) in [5.41, 5.74) is 19.3. The van der Waals surface area contributed by atoms with Gasteiger partial charge >= 0.3 is 0 Å². The van der Waals surface area contributed by atoms with E-state index in [0.29, 0.717) is 0 Å². The molecule has 0 spiro atoms. The number of thiophene rings is 2. The maximum Gasteiger partial charge on any atom is 0.198 e. The fourth-order valence-electron chi connectivity index (χ4n) is 11.4. The van der Waals surface area contributed by atoms with Gasteiger partial charge in [-0.2, -0.15) is 0 Å². The number of benzene rings is 9. The molecular formula is C64H49BN2OS2. The van der Waals surface area contributed by atoms with Crippen molar-refractivity contribution in [2.75, 3.05) is 5.32 Å². The van der Waals surface area contributed by atoms with Gasteiger partial charge in [-0.15, -0.1) is 22.7 Å². The average molecular weight is 937 g/mol. The first-order valence-electron chi connectivity index (χ1n) is 24.4. The normalized spacial score (nSPS) is 12.8. The average Bonchev–Trinajstić information content (AvgIpc) is 4.13. The Morgan fingerprint density at radius 1 is 0.514 bits per heavy atom. The van der Waals surface area contributed by atoms with Crippen molar-refractivity contribution >= 4 is 126 Å². The lowest BCUT2D eigenvalue weighted by Crippen LogP contribution is -2.37. The molecule has 0 radical (unpaired) electrons. The Bertz CT molecular complexity index is 4290. The lowest BCUT2D eigenvalue weighted by molar-refractivity contribution is 0.590. The molecule has 0 aliphatic carbocycles. The van der Waals surface area contributed by atoms with Gasteiger partial charge in [-0.1, -0.05) is 162 Å². The number of nitrogens with one attached hydrogen (secondary N) is 1. The van der Waals surface area contributed by atoms with Crippen LogP contribution in [0.4, 0.5) is 11.4 Å². The molecule has 6 heteroatoms. The first kappa shape index (κ1) is 41.6. The van der Waals surface area contributed by atoms with E-state index in [2.05, 4.69) is 227 Å². The van der Waals surface area contributed by atoms with Gasteiger partial charge in [0.1, 0.15) is 11.2 Å². The monoisotopic (exact) mass is 936 g/mol. The molecule has 1 aliphatic rings. The Balaban J connectivity index is 1.14. The van der Waals surface area contributed by atoms with Crippen LogP contribution in [0, 0.1) is 0 Å². The van der Waals surface area contributed by atoms with E-state index in [4.69, 9.17) is 4.42 Å². The lowest BCUT2D eigenvalue weighted by Gasteiger charge is -2.25. The van der Waals surface area contributed by atoms with Gasteiger partial charge in [-0.25, -0.2) is 0 Å². The highest BCUT2D eigenvalue weighted by molar-refractivity contribution is 7.26. The molecule has 0 fully saturated rings. The van der Waals surface area contributed by atoms with Crippen molar-refractivity contribution in [3.05, 3.63) is 187 Å². The second-order valence-electron chi connectivity index (χ2n) is 21.3. The van der Waals surface area contributed by atoms with Crippen LogP contribution in [0.5, 0.6) is 0 Å². The molecule has 0 saturated heterocycles. The number of anilines is 2.